The van der Waals surface area contributed by atoms with Crippen LogP contribution in [0.3, 0.4) is 0 Å². The summed E-state index contributed by atoms with van der Waals surface area (Å²) in [5, 5.41) is 5.84. The summed E-state index contributed by atoms with van der Waals surface area (Å²) < 4.78 is 13.7. The molecule has 0 saturated carbocycles. The van der Waals surface area contributed by atoms with Crippen molar-refractivity contribution in [2.45, 2.75) is 92.7 Å². The summed E-state index contributed by atoms with van der Waals surface area (Å²) in [6.45, 7) is 11.8. The molecule has 1 rings (SSSR count). The highest BCUT2D eigenvalue weighted by molar-refractivity contribution is 5.78. The van der Waals surface area contributed by atoms with Crippen LogP contribution in [0.4, 0.5) is 4.39 Å². The number of nitrogens with zero attached hydrogens (tertiary/aromatic N) is 1. The van der Waals surface area contributed by atoms with Crippen molar-refractivity contribution in [3.05, 3.63) is 29.6 Å². The average Bonchev–Trinajstić information content (AvgIpc) is 2.74. The van der Waals surface area contributed by atoms with Crippen LogP contribution in [0.15, 0.2) is 18.2 Å². The highest BCUT2D eigenvalue weighted by atomic mass is 19.1. The fourth-order valence-electron chi connectivity index (χ4n) is 4.45. The van der Waals surface area contributed by atoms with Crippen molar-refractivity contribution in [3.63, 3.8) is 0 Å². The van der Waals surface area contributed by atoms with Gasteiger partial charge >= 0.3 is 0 Å². The highest BCUT2D eigenvalue weighted by Crippen LogP contribution is 2.26. The molecule has 0 bridgehead atoms. The maximum atomic E-state index is 13.7. The Balaban J connectivity index is 2.83. The lowest BCUT2D eigenvalue weighted by atomic mass is 9.81. The second kappa shape index (κ2) is 15.0. The van der Waals surface area contributed by atoms with Crippen LogP contribution in [0.25, 0.3) is 0 Å². The smallest absolute Gasteiger partial charge is 0.223 e. The lowest BCUT2D eigenvalue weighted by Crippen LogP contribution is -2.43. The van der Waals surface area contributed by atoms with Crippen molar-refractivity contribution in [2.75, 3.05) is 6.67 Å². The lowest BCUT2D eigenvalue weighted by Gasteiger charge is -2.31. The number of amides is 2. The molecular weight excluding hydrogens is 405 g/mol. The molecule has 1 heterocycles. The summed E-state index contributed by atoms with van der Waals surface area (Å²) in [6, 6.07) is 5.40. The van der Waals surface area contributed by atoms with Crippen LogP contribution in [-0.4, -0.2) is 29.5 Å². The number of hydrogen-bond donors (Lipinski definition) is 2. The van der Waals surface area contributed by atoms with Gasteiger partial charge < -0.3 is 10.6 Å². The normalized spacial score (nSPS) is 15.1. The summed E-state index contributed by atoms with van der Waals surface area (Å²) in [5.74, 6) is 0.440. The average molecular weight is 450 g/mol. The third kappa shape index (κ3) is 9.66. The van der Waals surface area contributed by atoms with Crippen LogP contribution < -0.4 is 10.6 Å². The van der Waals surface area contributed by atoms with Crippen molar-refractivity contribution in [1.29, 1.82) is 0 Å². The molecule has 1 aromatic rings. The van der Waals surface area contributed by atoms with E-state index >= 15 is 0 Å². The fourth-order valence-corrected chi connectivity index (χ4v) is 4.45. The number of pyridine rings is 1. The summed E-state index contributed by atoms with van der Waals surface area (Å²) >= 11 is 0. The van der Waals surface area contributed by atoms with E-state index in [1.54, 1.807) is 0 Å². The van der Waals surface area contributed by atoms with E-state index in [0.717, 1.165) is 43.5 Å². The zero-order valence-electron chi connectivity index (χ0n) is 20.9. The van der Waals surface area contributed by atoms with Gasteiger partial charge in [-0.25, -0.2) is 4.39 Å². The summed E-state index contributed by atoms with van der Waals surface area (Å²) in [6.07, 6.45) is 5.48. The van der Waals surface area contributed by atoms with Gasteiger partial charge in [0.1, 0.15) is 6.67 Å². The molecule has 4 atom stereocenters. The van der Waals surface area contributed by atoms with E-state index < -0.39 is 12.7 Å². The first kappa shape index (κ1) is 28.1. The predicted molar refractivity (Wildman–Crippen MR) is 129 cm³/mol. The molecule has 2 amide bonds. The third-order valence-corrected chi connectivity index (χ3v) is 6.27. The van der Waals surface area contributed by atoms with E-state index in [4.69, 9.17) is 4.98 Å². The molecule has 0 aromatic carbocycles. The molecule has 0 aliphatic rings. The maximum absolute atomic E-state index is 13.7. The first-order chi connectivity index (χ1) is 15.2. The Bertz CT molecular complexity index is 695. The van der Waals surface area contributed by atoms with Crippen molar-refractivity contribution >= 4 is 11.8 Å². The van der Waals surface area contributed by atoms with Gasteiger partial charge in [0, 0.05) is 18.5 Å². The van der Waals surface area contributed by atoms with Crippen LogP contribution in [0.5, 0.6) is 0 Å². The molecule has 2 N–H and O–H groups in total. The Morgan fingerprint density at radius 1 is 1.06 bits per heavy atom. The van der Waals surface area contributed by atoms with Crippen LogP contribution in [-0.2, 0) is 22.6 Å². The standard InChI is InChI=1S/C26H44FN3O2/c1-7-9-14-24(25(16-27)29-20(6)31)19(5)15-21-12-10-13-22(30-21)17-28-26(32)23(11-8-2)18(3)4/h10,12-13,18-19,23-25H,7-9,11,14-17H2,1-6H3,(H,28,32)(H,29,31)/t19?,23?,24?,25-/m1/s1. The van der Waals surface area contributed by atoms with E-state index in [-0.39, 0.29) is 29.6 Å². The Kier molecular flexibility index (Phi) is 13.1. The van der Waals surface area contributed by atoms with Crippen LogP contribution in [0.1, 0.15) is 85.0 Å². The second-order valence-electron chi connectivity index (χ2n) is 9.43. The SMILES string of the molecule is CCCCC(C(C)Cc1cccc(CNC(=O)C(CCC)C(C)C)n1)[C@@H](CF)NC(C)=O. The first-order valence-electron chi connectivity index (χ1n) is 12.3. The topological polar surface area (TPSA) is 71.1 Å². The molecule has 3 unspecified atom stereocenters. The van der Waals surface area contributed by atoms with Gasteiger partial charge in [0.05, 0.1) is 18.3 Å². The molecule has 0 aliphatic carbocycles. The maximum Gasteiger partial charge on any atom is 0.223 e. The van der Waals surface area contributed by atoms with Gasteiger partial charge in [-0.1, -0.05) is 59.9 Å². The molecule has 0 fully saturated rings. The second-order valence-corrected chi connectivity index (χ2v) is 9.43. The number of halogens is 1. The summed E-state index contributed by atoms with van der Waals surface area (Å²) in [4.78, 5) is 28.9. The third-order valence-electron chi connectivity index (χ3n) is 6.27. The zero-order valence-corrected chi connectivity index (χ0v) is 20.9. The molecule has 5 nitrogen and oxygen atoms in total. The van der Waals surface area contributed by atoms with Crippen molar-refractivity contribution in [2.24, 2.45) is 23.7 Å². The molecule has 0 radical (unpaired) electrons. The van der Waals surface area contributed by atoms with E-state index in [0.29, 0.717) is 18.9 Å². The van der Waals surface area contributed by atoms with Crippen molar-refractivity contribution in [1.82, 2.24) is 15.6 Å². The minimum absolute atomic E-state index is 0.0222. The Hall–Kier alpha value is -1.98. The summed E-state index contributed by atoms with van der Waals surface area (Å²) in [7, 11) is 0. The molecule has 1 aromatic heterocycles. The van der Waals surface area contributed by atoms with Crippen molar-refractivity contribution < 1.29 is 14.0 Å². The zero-order chi connectivity index (χ0) is 24.1. The predicted octanol–water partition coefficient (Wildman–Crippen LogP) is 5.23. The molecule has 0 saturated heterocycles. The van der Waals surface area contributed by atoms with Gasteiger partial charge in [-0.2, -0.15) is 0 Å². The van der Waals surface area contributed by atoms with Crippen LogP contribution in [0.2, 0.25) is 0 Å². The van der Waals surface area contributed by atoms with Gasteiger partial charge in [-0.15, -0.1) is 0 Å². The first-order valence-corrected chi connectivity index (χ1v) is 12.3. The molecule has 6 heteroatoms. The van der Waals surface area contributed by atoms with E-state index in [9.17, 15) is 14.0 Å². The minimum Gasteiger partial charge on any atom is -0.351 e. The minimum atomic E-state index is -0.563. The Morgan fingerprint density at radius 3 is 2.31 bits per heavy atom. The Labute approximate surface area is 194 Å². The van der Waals surface area contributed by atoms with E-state index in [1.807, 2.05) is 18.2 Å². The van der Waals surface area contributed by atoms with Gasteiger partial charge in [0.15, 0.2) is 0 Å². The number of rotatable bonds is 15. The lowest BCUT2D eigenvalue weighted by molar-refractivity contribution is -0.126. The summed E-state index contributed by atoms with van der Waals surface area (Å²) in [5.41, 5.74) is 1.76. The van der Waals surface area contributed by atoms with Gasteiger partial charge in [-0.05, 0) is 49.1 Å². The van der Waals surface area contributed by atoms with Crippen molar-refractivity contribution in [3.8, 4) is 0 Å². The molecule has 32 heavy (non-hydrogen) atoms. The van der Waals surface area contributed by atoms with Gasteiger partial charge in [-0.3, -0.25) is 14.6 Å². The molecule has 182 valence electrons. The van der Waals surface area contributed by atoms with Gasteiger partial charge in [0.25, 0.3) is 0 Å². The Morgan fingerprint density at radius 2 is 1.75 bits per heavy atom. The quantitative estimate of drug-likeness (QED) is 0.385. The fraction of sp³-hybridized carbons (Fsp3) is 0.731. The molecule has 0 aliphatic heterocycles. The number of nitrogens with one attached hydrogen (secondary N) is 2. The van der Waals surface area contributed by atoms with E-state index in [1.165, 1.54) is 6.92 Å². The number of hydrogen-bond acceptors (Lipinski definition) is 3. The highest BCUT2D eigenvalue weighted by Gasteiger charge is 2.28. The number of carbonyl (C=O) groups is 2. The number of unbranched alkanes of at least 4 members (excludes halogenated alkanes) is 1. The number of alkyl halides is 1. The van der Waals surface area contributed by atoms with Crippen LogP contribution >= 0.6 is 0 Å². The largest absolute Gasteiger partial charge is 0.351 e. The number of carbonyl (C=O) groups excluding carboxylic acids is 2. The number of aromatic nitrogens is 1. The molecule has 0 spiro atoms. The van der Waals surface area contributed by atoms with E-state index in [2.05, 4.69) is 45.3 Å². The van der Waals surface area contributed by atoms with Crippen LogP contribution in [0, 0.1) is 23.7 Å². The van der Waals surface area contributed by atoms with Gasteiger partial charge in [0.2, 0.25) is 11.8 Å². The molecular formula is C26H44FN3O2. The monoisotopic (exact) mass is 449 g/mol.